The van der Waals surface area contributed by atoms with Gasteiger partial charge in [-0.25, -0.2) is 10.2 Å². The maximum atomic E-state index is 13.2. The molecule has 0 aliphatic carbocycles. The number of carbonyl (C=O) groups is 2. The van der Waals surface area contributed by atoms with Crippen LogP contribution in [0.4, 0.5) is 0 Å². The minimum atomic E-state index is -1.95. The van der Waals surface area contributed by atoms with Crippen LogP contribution in [-0.2, 0) is 10.4 Å². The highest BCUT2D eigenvalue weighted by Gasteiger charge is 2.39. The van der Waals surface area contributed by atoms with Crippen LogP contribution in [0.5, 0.6) is 23.0 Å². The first-order chi connectivity index (χ1) is 19.0. The van der Waals surface area contributed by atoms with Crippen molar-refractivity contribution >= 4 is 18.1 Å². The predicted octanol–water partition coefficient (Wildman–Crippen LogP) is 4.03. The van der Waals surface area contributed by atoms with Crippen molar-refractivity contribution in [2.45, 2.75) is 5.60 Å². The number of rotatable bonds is 8. The molecule has 1 amide bonds. The number of fused-ring (bicyclic) bond motifs is 1. The van der Waals surface area contributed by atoms with Crippen LogP contribution in [0, 0.1) is 0 Å². The number of nitrogens with zero attached hydrogens (tertiary/aromatic N) is 1. The average Bonchev–Trinajstić information content (AvgIpc) is 3.46. The fraction of sp³-hybridized carbons (Fsp3) is 0.100. The van der Waals surface area contributed by atoms with E-state index in [9.17, 15) is 14.7 Å². The average molecular weight is 525 g/mol. The number of ether oxygens (including phenoxy) is 4. The number of carbonyl (C=O) groups excluding carboxylic acids is 2. The van der Waals surface area contributed by atoms with Crippen LogP contribution in [0.3, 0.4) is 0 Å². The molecule has 1 heterocycles. The van der Waals surface area contributed by atoms with Crippen molar-refractivity contribution in [3.63, 3.8) is 0 Å². The molecule has 5 rings (SSSR count). The number of hydrazone groups is 1. The van der Waals surface area contributed by atoms with E-state index in [1.165, 1.54) is 13.3 Å². The SMILES string of the molecule is COc1cc(/C=N\NC(=O)C(O)(c2ccccc2)c2ccccc2)ccc1OC(=O)c1ccc2c(c1)OCO2. The number of esters is 1. The second-order valence-corrected chi connectivity index (χ2v) is 8.51. The minimum Gasteiger partial charge on any atom is -0.493 e. The number of amides is 1. The Labute approximate surface area is 224 Å². The van der Waals surface area contributed by atoms with Crippen molar-refractivity contribution in [2.24, 2.45) is 5.10 Å². The lowest BCUT2D eigenvalue weighted by Crippen LogP contribution is -2.43. The van der Waals surface area contributed by atoms with Crippen LogP contribution in [-0.4, -0.2) is 37.1 Å². The Morgan fingerprint density at radius 1 is 0.872 bits per heavy atom. The van der Waals surface area contributed by atoms with Gasteiger partial charge in [-0.05, 0) is 53.1 Å². The van der Waals surface area contributed by atoms with Gasteiger partial charge in [-0.2, -0.15) is 5.10 Å². The predicted molar refractivity (Wildman–Crippen MR) is 142 cm³/mol. The molecular weight excluding hydrogens is 500 g/mol. The van der Waals surface area contributed by atoms with E-state index in [4.69, 9.17) is 18.9 Å². The van der Waals surface area contributed by atoms with Crippen LogP contribution >= 0.6 is 0 Å². The summed E-state index contributed by atoms with van der Waals surface area (Å²) in [5.74, 6) is 0.189. The van der Waals surface area contributed by atoms with Crippen LogP contribution in [0.1, 0.15) is 27.0 Å². The molecule has 4 aromatic rings. The van der Waals surface area contributed by atoms with Gasteiger partial charge in [0.15, 0.2) is 28.6 Å². The molecule has 4 aromatic carbocycles. The highest BCUT2D eigenvalue weighted by atomic mass is 16.7. The first-order valence-electron chi connectivity index (χ1n) is 12.0. The summed E-state index contributed by atoms with van der Waals surface area (Å²) in [6.45, 7) is 0.100. The highest BCUT2D eigenvalue weighted by Crippen LogP contribution is 2.34. The van der Waals surface area contributed by atoms with Gasteiger partial charge in [0.25, 0.3) is 5.91 Å². The first-order valence-corrected chi connectivity index (χ1v) is 12.0. The van der Waals surface area contributed by atoms with Crippen molar-refractivity contribution < 1.29 is 33.6 Å². The van der Waals surface area contributed by atoms with E-state index in [1.54, 1.807) is 97.1 Å². The van der Waals surface area contributed by atoms with E-state index in [-0.39, 0.29) is 18.3 Å². The number of hydrogen-bond acceptors (Lipinski definition) is 8. The van der Waals surface area contributed by atoms with E-state index in [2.05, 4.69) is 10.5 Å². The molecule has 0 unspecified atom stereocenters. The van der Waals surface area contributed by atoms with Gasteiger partial charge in [-0.15, -0.1) is 0 Å². The number of hydrogen-bond donors (Lipinski definition) is 2. The Kier molecular flexibility index (Phi) is 7.24. The highest BCUT2D eigenvalue weighted by molar-refractivity contribution is 5.93. The fourth-order valence-electron chi connectivity index (χ4n) is 4.07. The van der Waals surface area contributed by atoms with Crippen molar-refractivity contribution in [2.75, 3.05) is 13.9 Å². The Hall–Kier alpha value is -5.15. The Balaban J connectivity index is 1.30. The molecule has 39 heavy (non-hydrogen) atoms. The molecule has 1 aliphatic rings. The van der Waals surface area contributed by atoms with Gasteiger partial charge in [0.1, 0.15) is 0 Å². The third-order valence-corrected chi connectivity index (χ3v) is 6.09. The lowest BCUT2D eigenvalue weighted by Gasteiger charge is -2.27. The zero-order chi connectivity index (χ0) is 27.2. The number of aliphatic hydroxyl groups is 1. The summed E-state index contributed by atoms with van der Waals surface area (Å²) in [5.41, 5.74) is 2.12. The van der Waals surface area contributed by atoms with E-state index in [0.29, 0.717) is 33.8 Å². The van der Waals surface area contributed by atoms with Crippen molar-refractivity contribution in [3.8, 4) is 23.0 Å². The minimum absolute atomic E-state index is 0.100. The van der Waals surface area contributed by atoms with Crippen LogP contribution in [0.2, 0.25) is 0 Å². The number of methoxy groups -OCH3 is 1. The molecule has 0 bridgehead atoms. The van der Waals surface area contributed by atoms with Gasteiger partial charge in [0, 0.05) is 0 Å². The van der Waals surface area contributed by atoms with E-state index < -0.39 is 17.5 Å². The summed E-state index contributed by atoms with van der Waals surface area (Å²) < 4.78 is 21.5. The van der Waals surface area contributed by atoms with E-state index >= 15 is 0 Å². The molecule has 0 radical (unpaired) electrons. The zero-order valence-corrected chi connectivity index (χ0v) is 20.9. The van der Waals surface area contributed by atoms with Crippen molar-refractivity contribution in [1.29, 1.82) is 0 Å². The molecule has 0 spiro atoms. The van der Waals surface area contributed by atoms with E-state index in [1.807, 2.05) is 0 Å². The molecule has 2 N–H and O–H groups in total. The van der Waals surface area contributed by atoms with Gasteiger partial charge in [-0.1, -0.05) is 60.7 Å². The quantitative estimate of drug-likeness (QED) is 0.155. The second kappa shape index (κ2) is 11.1. The molecule has 196 valence electrons. The summed E-state index contributed by atoms with van der Waals surface area (Å²) in [5, 5.41) is 15.5. The van der Waals surface area contributed by atoms with E-state index in [0.717, 1.165) is 0 Å². The van der Waals surface area contributed by atoms with Crippen molar-refractivity contribution in [1.82, 2.24) is 5.43 Å². The maximum Gasteiger partial charge on any atom is 0.343 e. The number of benzene rings is 4. The molecule has 9 nitrogen and oxygen atoms in total. The first kappa shape index (κ1) is 25.5. The summed E-state index contributed by atoms with van der Waals surface area (Å²) in [7, 11) is 1.44. The molecule has 0 saturated carbocycles. The third-order valence-electron chi connectivity index (χ3n) is 6.09. The molecule has 0 atom stereocenters. The van der Waals surface area contributed by atoms with Crippen LogP contribution in [0.25, 0.3) is 0 Å². The summed E-state index contributed by atoms with van der Waals surface area (Å²) in [6.07, 6.45) is 1.39. The molecule has 9 heteroatoms. The van der Waals surface area contributed by atoms with Gasteiger partial charge in [-0.3, -0.25) is 4.79 Å². The zero-order valence-electron chi connectivity index (χ0n) is 20.9. The smallest absolute Gasteiger partial charge is 0.343 e. The second-order valence-electron chi connectivity index (χ2n) is 8.51. The standard InChI is InChI=1S/C30H24N2O7/c1-36-26-16-20(12-14-25(26)39-28(33)21-13-15-24-27(17-21)38-19-37-24)18-31-32-29(34)30(35,22-8-4-2-5-9-22)23-10-6-3-7-11-23/h2-18,35H,19H2,1H3,(H,32,34)/b31-18-. The van der Waals surface area contributed by atoms with Gasteiger partial charge in [0.05, 0.1) is 18.9 Å². The Bertz CT molecular complexity index is 1480. The molecule has 0 aromatic heterocycles. The largest absolute Gasteiger partial charge is 0.493 e. The molecule has 0 fully saturated rings. The summed E-state index contributed by atoms with van der Waals surface area (Å²) >= 11 is 0. The van der Waals surface area contributed by atoms with Gasteiger partial charge in [0.2, 0.25) is 6.79 Å². The van der Waals surface area contributed by atoms with Crippen molar-refractivity contribution in [3.05, 3.63) is 119 Å². The Morgan fingerprint density at radius 2 is 1.54 bits per heavy atom. The van der Waals surface area contributed by atoms with Gasteiger partial charge < -0.3 is 24.1 Å². The monoisotopic (exact) mass is 524 g/mol. The normalized spacial score (nSPS) is 12.3. The maximum absolute atomic E-state index is 13.2. The summed E-state index contributed by atoms with van der Waals surface area (Å²) in [6, 6.07) is 26.8. The third kappa shape index (κ3) is 5.29. The topological polar surface area (TPSA) is 116 Å². The molecule has 1 aliphatic heterocycles. The van der Waals surface area contributed by atoms with Crippen LogP contribution < -0.4 is 24.4 Å². The molecule has 0 saturated heterocycles. The summed E-state index contributed by atoms with van der Waals surface area (Å²) in [4.78, 5) is 25.9. The Morgan fingerprint density at radius 3 is 2.21 bits per heavy atom. The fourth-order valence-corrected chi connectivity index (χ4v) is 4.07. The van der Waals surface area contributed by atoms with Crippen LogP contribution in [0.15, 0.2) is 102 Å². The number of nitrogens with one attached hydrogen (secondary N) is 1. The molecular formula is C30H24N2O7. The lowest BCUT2D eigenvalue weighted by molar-refractivity contribution is -0.136. The van der Waals surface area contributed by atoms with Gasteiger partial charge >= 0.3 is 5.97 Å². The lowest BCUT2D eigenvalue weighted by atomic mass is 9.85.